The zero-order chi connectivity index (χ0) is 21.4. The Kier molecular flexibility index (Phi) is 5.31. The number of amides is 1. The van der Waals surface area contributed by atoms with Gasteiger partial charge in [0, 0.05) is 57.5 Å². The van der Waals surface area contributed by atoms with E-state index in [1.807, 2.05) is 30.2 Å². The predicted octanol–water partition coefficient (Wildman–Crippen LogP) is 2.44. The third kappa shape index (κ3) is 3.76. The van der Waals surface area contributed by atoms with Crippen LogP contribution in [0.1, 0.15) is 61.2 Å². The second kappa shape index (κ2) is 8.26. The molecule has 5 heterocycles. The molecule has 2 aliphatic rings. The van der Waals surface area contributed by atoms with Crippen molar-refractivity contribution in [1.82, 2.24) is 29.4 Å². The number of aromatic amines is 1. The van der Waals surface area contributed by atoms with Crippen LogP contribution in [0.4, 0.5) is 0 Å². The summed E-state index contributed by atoms with van der Waals surface area (Å²) < 4.78 is 1.56. The second-order valence-electron chi connectivity index (χ2n) is 8.52. The molecule has 8 heteroatoms. The van der Waals surface area contributed by atoms with Crippen LogP contribution in [0, 0.1) is 0 Å². The third-order valence-corrected chi connectivity index (χ3v) is 6.47. The summed E-state index contributed by atoms with van der Waals surface area (Å²) in [5.41, 5.74) is 4.30. The minimum absolute atomic E-state index is 0.0126. The van der Waals surface area contributed by atoms with Gasteiger partial charge in [-0.1, -0.05) is 13.0 Å². The van der Waals surface area contributed by atoms with Crippen LogP contribution >= 0.6 is 0 Å². The Balaban J connectivity index is 1.45. The SMILES string of the molecule is CCC(=O)N1CCCC[C@H]1c1cc2nc3c(c(=O)n2[nH]1)CN(Cc1cccnc1)CC3. The number of piperidine rings is 1. The molecule has 0 spiro atoms. The summed E-state index contributed by atoms with van der Waals surface area (Å²) in [5, 5.41) is 3.28. The van der Waals surface area contributed by atoms with Crippen LogP contribution in [0.25, 0.3) is 5.65 Å². The topological polar surface area (TPSA) is 86.6 Å². The number of carbonyl (C=O) groups excluding carboxylic acids is 1. The zero-order valence-corrected chi connectivity index (χ0v) is 17.9. The van der Waals surface area contributed by atoms with Crippen LogP contribution in [0.3, 0.4) is 0 Å². The molecule has 1 saturated heterocycles. The highest BCUT2D eigenvalue weighted by atomic mass is 16.2. The summed E-state index contributed by atoms with van der Waals surface area (Å²) in [6.07, 6.45) is 7.91. The average Bonchev–Trinajstić information content (AvgIpc) is 3.24. The lowest BCUT2D eigenvalue weighted by molar-refractivity contribution is -0.134. The zero-order valence-electron chi connectivity index (χ0n) is 17.9. The van der Waals surface area contributed by atoms with E-state index in [1.165, 1.54) is 0 Å². The van der Waals surface area contributed by atoms with Gasteiger partial charge in [0.15, 0.2) is 5.65 Å². The molecule has 31 heavy (non-hydrogen) atoms. The van der Waals surface area contributed by atoms with Gasteiger partial charge in [-0.15, -0.1) is 0 Å². The lowest BCUT2D eigenvalue weighted by Crippen LogP contribution is -2.38. The van der Waals surface area contributed by atoms with Gasteiger partial charge in [0.25, 0.3) is 5.56 Å². The molecule has 0 aliphatic carbocycles. The first-order chi connectivity index (χ1) is 15.1. The molecule has 0 unspecified atom stereocenters. The van der Waals surface area contributed by atoms with Gasteiger partial charge in [-0.3, -0.25) is 24.6 Å². The van der Waals surface area contributed by atoms with Crippen LogP contribution in [-0.2, 0) is 24.3 Å². The highest BCUT2D eigenvalue weighted by Gasteiger charge is 2.29. The quantitative estimate of drug-likeness (QED) is 0.701. The fourth-order valence-electron chi connectivity index (χ4n) is 4.87. The van der Waals surface area contributed by atoms with E-state index in [-0.39, 0.29) is 17.5 Å². The first-order valence-electron chi connectivity index (χ1n) is 11.2. The highest BCUT2D eigenvalue weighted by Crippen LogP contribution is 2.31. The Morgan fingerprint density at radius 2 is 2.19 bits per heavy atom. The van der Waals surface area contributed by atoms with Gasteiger partial charge >= 0.3 is 0 Å². The number of H-pyrrole nitrogens is 1. The van der Waals surface area contributed by atoms with E-state index in [0.29, 0.717) is 18.6 Å². The summed E-state index contributed by atoms with van der Waals surface area (Å²) in [6, 6.07) is 5.93. The van der Waals surface area contributed by atoms with Crippen LogP contribution in [0.2, 0.25) is 0 Å². The van der Waals surface area contributed by atoms with Crippen molar-refractivity contribution in [2.24, 2.45) is 0 Å². The second-order valence-corrected chi connectivity index (χ2v) is 8.52. The minimum Gasteiger partial charge on any atom is -0.334 e. The molecular formula is C23H28N6O2. The van der Waals surface area contributed by atoms with Crippen LogP contribution in [0.15, 0.2) is 35.4 Å². The molecule has 1 fully saturated rings. The number of nitrogens with zero attached hydrogens (tertiary/aromatic N) is 5. The summed E-state index contributed by atoms with van der Waals surface area (Å²) in [4.78, 5) is 39.0. The largest absolute Gasteiger partial charge is 0.334 e. The van der Waals surface area contributed by atoms with Gasteiger partial charge in [0.1, 0.15) is 0 Å². The molecule has 0 aromatic carbocycles. The van der Waals surface area contributed by atoms with E-state index in [2.05, 4.69) is 21.0 Å². The van der Waals surface area contributed by atoms with Gasteiger partial charge < -0.3 is 4.90 Å². The van der Waals surface area contributed by atoms with Gasteiger partial charge in [0.2, 0.25) is 5.91 Å². The first kappa shape index (κ1) is 19.9. The average molecular weight is 421 g/mol. The number of hydrogen-bond donors (Lipinski definition) is 1. The third-order valence-electron chi connectivity index (χ3n) is 6.47. The molecule has 0 radical (unpaired) electrons. The lowest BCUT2D eigenvalue weighted by atomic mass is 9.99. The molecule has 3 aromatic heterocycles. The fourth-order valence-corrected chi connectivity index (χ4v) is 4.87. The first-order valence-corrected chi connectivity index (χ1v) is 11.2. The maximum absolute atomic E-state index is 13.3. The summed E-state index contributed by atoms with van der Waals surface area (Å²) in [6.45, 7) is 4.88. The van der Waals surface area contributed by atoms with Gasteiger partial charge in [0.05, 0.1) is 23.0 Å². The van der Waals surface area contributed by atoms with E-state index >= 15 is 0 Å². The monoisotopic (exact) mass is 420 g/mol. The Morgan fingerprint density at radius 3 is 3.00 bits per heavy atom. The number of hydrogen-bond acceptors (Lipinski definition) is 5. The van der Waals surface area contributed by atoms with Crippen molar-refractivity contribution in [2.45, 2.75) is 58.2 Å². The molecule has 8 nitrogen and oxygen atoms in total. The normalized spacial score (nSPS) is 19.5. The molecular weight excluding hydrogens is 392 g/mol. The van der Waals surface area contributed by atoms with Gasteiger partial charge in [-0.05, 0) is 30.9 Å². The fraction of sp³-hybridized carbons (Fsp3) is 0.478. The summed E-state index contributed by atoms with van der Waals surface area (Å²) in [7, 11) is 0. The van der Waals surface area contributed by atoms with Crippen molar-refractivity contribution < 1.29 is 4.79 Å². The highest BCUT2D eigenvalue weighted by molar-refractivity contribution is 5.76. The maximum Gasteiger partial charge on any atom is 0.277 e. The number of nitrogens with one attached hydrogen (secondary N) is 1. The molecule has 3 aromatic rings. The molecule has 162 valence electrons. The van der Waals surface area contributed by atoms with Crippen molar-refractivity contribution in [1.29, 1.82) is 0 Å². The smallest absolute Gasteiger partial charge is 0.277 e. The van der Waals surface area contributed by atoms with E-state index in [4.69, 9.17) is 4.98 Å². The van der Waals surface area contributed by atoms with E-state index < -0.39 is 0 Å². The molecule has 5 rings (SSSR count). The van der Waals surface area contributed by atoms with E-state index in [9.17, 15) is 9.59 Å². The number of carbonyl (C=O) groups is 1. The molecule has 2 aliphatic heterocycles. The summed E-state index contributed by atoms with van der Waals surface area (Å²) in [5.74, 6) is 0.161. The Hall–Kier alpha value is -3.00. The maximum atomic E-state index is 13.3. The number of likely N-dealkylation sites (tertiary alicyclic amines) is 1. The molecule has 1 amide bonds. The number of rotatable bonds is 4. The summed E-state index contributed by atoms with van der Waals surface area (Å²) >= 11 is 0. The van der Waals surface area contributed by atoms with E-state index in [0.717, 1.165) is 67.8 Å². The van der Waals surface area contributed by atoms with Gasteiger partial charge in [-0.2, -0.15) is 0 Å². The predicted molar refractivity (Wildman–Crippen MR) is 116 cm³/mol. The van der Waals surface area contributed by atoms with Crippen LogP contribution in [0.5, 0.6) is 0 Å². The number of pyridine rings is 1. The molecule has 0 bridgehead atoms. The van der Waals surface area contributed by atoms with Crippen LogP contribution in [-0.4, -0.2) is 48.4 Å². The van der Waals surface area contributed by atoms with Crippen molar-refractivity contribution in [3.63, 3.8) is 0 Å². The number of aromatic nitrogens is 4. The Morgan fingerprint density at radius 1 is 1.29 bits per heavy atom. The standard InChI is InChI=1S/C23H28N6O2/c1-2-22(30)28-10-4-3-7-20(28)19-12-21-25-18-8-11-27(14-16-6-5-9-24-13-16)15-17(18)23(31)29(21)26-19/h5-6,9,12-13,20,26H,2-4,7-8,10-11,14-15H2,1H3/t20-/m0/s1. The molecule has 1 N–H and O–H groups in total. The van der Waals surface area contributed by atoms with E-state index in [1.54, 1.807) is 10.7 Å². The van der Waals surface area contributed by atoms with Crippen molar-refractivity contribution in [3.8, 4) is 0 Å². The van der Waals surface area contributed by atoms with Gasteiger partial charge in [-0.25, -0.2) is 9.50 Å². The van der Waals surface area contributed by atoms with Crippen molar-refractivity contribution in [2.75, 3.05) is 13.1 Å². The van der Waals surface area contributed by atoms with Crippen molar-refractivity contribution >= 4 is 11.6 Å². The molecule has 1 atom stereocenters. The Labute approximate surface area is 180 Å². The Bertz CT molecular complexity index is 1150. The lowest BCUT2D eigenvalue weighted by Gasteiger charge is -2.35. The molecule has 0 saturated carbocycles. The van der Waals surface area contributed by atoms with Crippen molar-refractivity contribution in [3.05, 3.63) is 63.5 Å². The minimum atomic E-state index is -0.0358. The number of fused-ring (bicyclic) bond motifs is 2. The van der Waals surface area contributed by atoms with Crippen LogP contribution < -0.4 is 5.56 Å².